The van der Waals surface area contributed by atoms with Gasteiger partial charge in [0.25, 0.3) is 0 Å². The Morgan fingerprint density at radius 3 is 2.65 bits per heavy atom. The van der Waals surface area contributed by atoms with E-state index in [1.54, 1.807) is 6.20 Å². The van der Waals surface area contributed by atoms with Crippen molar-refractivity contribution in [2.45, 2.75) is 26.2 Å². The normalized spacial score (nSPS) is 15.8. The van der Waals surface area contributed by atoms with Gasteiger partial charge in [0.2, 0.25) is 5.69 Å². The Morgan fingerprint density at radius 1 is 1.04 bits per heavy atom. The summed E-state index contributed by atoms with van der Waals surface area (Å²) < 4.78 is 2.35. The molecule has 0 unspecified atom stereocenters. The third-order valence-corrected chi connectivity index (χ3v) is 5.32. The van der Waals surface area contributed by atoms with E-state index in [1.807, 2.05) is 30.3 Å². The van der Waals surface area contributed by atoms with Gasteiger partial charge in [-0.05, 0) is 32.9 Å². The molecule has 1 aliphatic rings. The SMILES string of the molecule is CC[N+]1=C(C=Cc2ccc3cccnc3c2O)C(C)(C)c2ccccc21. The molecule has 0 saturated carbocycles. The number of aromatic nitrogens is 1. The van der Waals surface area contributed by atoms with Crippen molar-refractivity contribution in [3.63, 3.8) is 0 Å². The van der Waals surface area contributed by atoms with Gasteiger partial charge in [0, 0.05) is 34.9 Å². The van der Waals surface area contributed by atoms with Crippen molar-refractivity contribution in [2.75, 3.05) is 6.54 Å². The molecule has 0 bridgehead atoms. The summed E-state index contributed by atoms with van der Waals surface area (Å²) in [5, 5.41) is 11.6. The van der Waals surface area contributed by atoms with Crippen LogP contribution in [0.5, 0.6) is 5.75 Å². The van der Waals surface area contributed by atoms with Crippen molar-refractivity contribution in [3.8, 4) is 5.75 Å². The highest BCUT2D eigenvalue weighted by Gasteiger charge is 2.43. The number of allylic oxidation sites excluding steroid dienone is 1. The smallest absolute Gasteiger partial charge is 0.209 e. The highest BCUT2D eigenvalue weighted by atomic mass is 16.3. The maximum absolute atomic E-state index is 10.6. The molecule has 1 aromatic heterocycles. The molecule has 2 aromatic carbocycles. The van der Waals surface area contributed by atoms with Crippen LogP contribution < -0.4 is 0 Å². The molecule has 1 aliphatic heterocycles. The summed E-state index contributed by atoms with van der Waals surface area (Å²) in [6, 6.07) is 16.4. The lowest BCUT2D eigenvalue weighted by atomic mass is 9.81. The summed E-state index contributed by atoms with van der Waals surface area (Å²) in [6.45, 7) is 7.58. The number of para-hydroxylation sites is 1. The molecule has 2 heterocycles. The van der Waals surface area contributed by atoms with Gasteiger partial charge in [-0.25, -0.2) is 0 Å². The van der Waals surface area contributed by atoms with Crippen molar-refractivity contribution >= 4 is 28.4 Å². The van der Waals surface area contributed by atoms with E-state index in [9.17, 15) is 5.11 Å². The summed E-state index contributed by atoms with van der Waals surface area (Å²) in [5.41, 5.74) is 5.19. The molecule has 0 fully saturated rings. The Kier molecular flexibility index (Phi) is 3.87. The summed E-state index contributed by atoms with van der Waals surface area (Å²) in [5.74, 6) is 0.233. The summed E-state index contributed by atoms with van der Waals surface area (Å²) in [7, 11) is 0. The van der Waals surface area contributed by atoms with Crippen LogP contribution in [0.25, 0.3) is 17.0 Å². The van der Waals surface area contributed by atoms with Gasteiger partial charge < -0.3 is 5.11 Å². The molecular weight excluding hydrogens is 320 g/mol. The van der Waals surface area contributed by atoms with Crippen LogP contribution in [-0.4, -0.2) is 26.9 Å². The molecule has 4 rings (SSSR count). The van der Waals surface area contributed by atoms with Gasteiger partial charge in [-0.1, -0.05) is 36.4 Å². The first-order chi connectivity index (χ1) is 12.5. The third-order valence-electron chi connectivity index (χ3n) is 5.32. The molecule has 0 amide bonds. The number of phenolic OH excluding ortho intramolecular Hbond substituents is 1. The zero-order valence-corrected chi connectivity index (χ0v) is 15.4. The number of pyridine rings is 1. The monoisotopic (exact) mass is 343 g/mol. The molecule has 26 heavy (non-hydrogen) atoms. The van der Waals surface area contributed by atoms with Crippen LogP contribution in [0.15, 0.2) is 60.8 Å². The van der Waals surface area contributed by atoms with Crippen LogP contribution in [0.2, 0.25) is 0 Å². The number of benzene rings is 2. The summed E-state index contributed by atoms with van der Waals surface area (Å²) in [4.78, 5) is 4.31. The minimum absolute atomic E-state index is 0.0756. The molecule has 0 saturated heterocycles. The van der Waals surface area contributed by atoms with Crippen molar-refractivity contribution in [1.82, 2.24) is 4.98 Å². The molecule has 3 heteroatoms. The molecule has 3 aromatic rings. The minimum Gasteiger partial charge on any atom is -0.505 e. The lowest BCUT2D eigenvalue weighted by molar-refractivity contribution is -0.433. The number of nitrogens with zero attached hydrogens (tertiary/aromatic N) is 2. The van der Waals surface area contributed by atoms with Gasteiger partial charge in [-0.15, -0.1) is 0 Å². The molecule has 3 nitrogen and oxygen atoms in total. The van der Waals surface area contributed by atoms with Gasteiger partial charge in [-0.2, -0.15) is 4.58 Å². The average molecular weight is 343 g/mol. The number of hydrogen-bond acceptors (Lipinski definition) is 2. The maximum Gasteiger partial charge on any atom is 0.209 e. The lowest BCUT2D eigenvalue weighted by Crippen LogP contribution is -2.27. The highest BCUT2D eigenvalue weighted by Crippen LogP contribution is 2.40. The Morgan fingerprint density at radius 2 is 1.85 bits per heavy atom. The third kappa shape index (κ3) is 2.43. The van der Waals surface area contributed by atoms with E-state index in [0.29, 0.717) is 5.52 Å². The van der Waals surface area contributed by atoms with E-state index in [2.05, 4.69) is 60.7 Å². The van der Waals surface area contributed by atoms with Crippen molar-refractivity contribution in [1.29, 1.82) is 0 Å². The van der Waals surface area contributed by atoms with E-state index in [1.165, 1.54) is 17.0 Å². The highest BCUT2D eigenvalue weighted by molar-refractivity contribution is 6.05. The number of fused-ring (bicyclic) bond motifs is 2. The van der Waals surface area contributed by atoms with Gasteiger partial charge in [0.1, 0.15) is 17.8 Å². The van der Waals surface area contributed by atoms with E-state index in [-0.39, 0.29) is 11.2 Å². The summed E-state index contributed by atoms with van der Waals surface area (Å²) in [6.07, 6.45) is 5.84. The second-order valence-corrected chi connectivity index (χ2v) is 7.18. The van der Waals surface area contributed by atoms with Crippen LogP contribution in [0.1, 0.15) is 31.9 Å². The Labute approximate surface area is 154 Å². The van der Waals surface area contributed by atoms with Crippen molar-refractivity contribution < 1.29 is 9.68 Å². The van der Waals surface area contributed by atoms with Gasteiger partial charge in [-0.3, -0.25) is 4.98 Å². The first-order valence-electron chi connectivity index (χ1n) is 9.03. The average Bonchev–Trinajstić information content (AvgIpc) is 2.88. The van der Waals surface area contributed by atoms with Crippen LogP contribution in [0.4, 0.5) is 5.69 Å². The second-order valence-electron chi connectivity index (χ2n) is 7.18. The number of rotatable bonds is 3. The Balaban J connectivity index is 1.81. The minimum atomic E-state index is -0.0756. The van der Waals surface area contributed by atoms with Crippen LogP contribution in [0.3, 0.4) is 0 Å². The first-order valence-corrected chi connectivity index (χ1v) is 9.03. The number of phenols is 1. The molecule has 130 valence electrons. The van der Waals surface area contributed by atoms with Crippen LogP contribution in [0, 0.1) is 0 Å². The quantitative estimate of drug-likeness (QED) is 0.676. The van der Waals surface area contributed by atoms with Crippen LogP contribution in [-0.2, 0) is 5.41 Å². The van der Waals surface area contributed by atoms with E-state index in [4.69, 9.17) is 0 Å². The Bertz CT molecular complexity index is 1060. The standard InChI is InChI=1S/C23H22N2O/c1-4-25-19-10-6-5-9-18(19)23(2,3)20(25)14-13-17-12-11-16-8-7-15-24-21(16)22(17)26/h5-15H,4H2,1-3H3/p+1. The second kappa shape index (κ2) is 6.10. The maximum atomic E-state index is 10.6. The molecule has 0 spiro atoms. The summed E-state index contributed by atoms with van der Waals surface area (Å²) >= 11 is 0. The molecule has 1 N–H and O–H groups in total. The van der Waals surface area contributed by atoms with Gasteiger partial charge in [0.15, 0.2) is 5.71 Å². The van der Waals surface area contributed by atoms with Crippen molar-refractivity contribution in [2.24, 2.45) is 0 Å². The fourth-order valence-electron chi connectivity index (χ4n) is 3.93. The van der Waals surface area contributed by atoms with E-state index in [0.717, 1.165) is 17.5 Å². The Hall–Kier alpha value is -2.94. The zero-order valence-electron chi connectivity index (χ0n) is 15.4. The molecule has 0 atom stereocenters. The predicted octanol–water partition coefficient (Wildman–Crippen LogP) is 5.05. The number of aromatic hydroxyl groups is 1. The molecule has 0 aliphatic carbocycles. The number of hydrogen-bond donors (Lipinski definition) is 1. The zero-order chi connectivity index (χ0) is 18.3. The fraction of sp³-hybridized carbons (Fsp3) is 0.217. The lowest BCUT2D eigenvalue weighted by Gasteiger charge is -2.15. The van der Waals surface area contributed by atoms with E-state index >= 15 is 0 Å². The van der Waals surface area contributed by atoms with Crippen molar-refractivity contribution in [3.05, 3.63) is 71.9 Å². The molecular formula is C23H23N2O+. The largest absolute Gasteiger partial charge is 0.505 e. The predicted molar refractivity (Wildman–Crippen MR) is 107 cm³/mol. The van der Waals surface area contributed by atoms with Gasteiger partial charge >= 0.3 is 0 Å². The fourth-order valence-corrected chi connectivity index (χ4v) is 3.93. The topological polar surface area (TPSA) is 36.1 Å². The van der Waals surface area contributed by atoms with Crippen LogP contribution >= 0.6 is 0 Å². The first kappa shape index (κ1) is 16.5. The molecule has 0 radical (unpaired) electrons. The van der Waals surface area contributed by atoms with E-state index < -0.39 is 0 Å². The van der Waals surface area contributed by atoms with Gasteiger partial charge in [0.05, 0.1) is 5.41 Å².